The van der Waals surface area contributed by atoms with E-state index >= 15 is 0 Å². The smallest absolute Gasteiger partial charge is 0.417 e. The van der Waals surface area contributed by atoms with E-state index in [9.17, 15) is 26.4 Å². The second kappa shape index (κ2) is 9.82. The summed E-state index contributed by atoms with van der Waals surface area (Å²) in [5.41, 5.74) is 0.307. The Hall–Kier alpha value is -3.57. The molecular weight excluding hydrogens is 497 g/mol. The van der Waals surface area contributed by atoms with E-state index in [1.165, 1.54) is 26.4 Å². The van der Waals surface area contributed by atoms with Gasteiger partial charge in [0.25, 0.3) is 0 Å². The Morgan fingerprint density at radius 1 is 0.972 bits per heavy atom. The maximum absolute atomic E-state index is 13.7. The molecule has 0 bridgehead atoms. The number of halogens is 3. The van der Waals surface area contributed by atoms with Crippen molar-refractivity contribution in [3.8, 4) is 11.5 Å². The third kappa shape index (κ3) is 4.89. The largest absolute Gasteiger partial charge is 0.497 e. The van der Waals surface area contributed by atoms with E-state index in [1.54, 1.807) is 36.4 Å². The normalized spacial score (nSPS) is 16.2. The average Bonchev–Trinajstić information content (AvgIpc) is 2.87. The van der Waals surface area contributed by atoms with Gasteiger partial charge in [-0.2, -0.15) is 17.5 Å². The number of fused-ring (bicyclic) bond motifs is 1. The van der Waals surface area contributed by atoms with Crippen LogP contribution < -0.4 is 14.8 Å². The Balaban J connectivity index is 1.77. The van der Waals surface area contributed by atoms with Crippen LogP contribution in [-0.4, -0.2) is 38.9 Å². The van der Waals surface area contributed by atoms with Gasteiger partial charge in [0.15, 0.2) is 0 Å². The fourth-order valence-corrected chi connectivity index (χ4v) is 5.92. The lowest BCUT2D eigenvalue weighted by atomic mass is 9.95. The number of anilines is 1. The summed E-state index contributed by atoms with van der Waals surface area (Å²) in [7, 11) is -1.87. The number of benzene rings is 3. The molecule has 0 fully saturated rings. The number of carbonyl (C=O) groups excluding carboxylic acids is 1. The maximum Gasteiger partial charge on any atom is 0.417 e. The number of ether oxygens (including phenoxy) is 2. The molecule has 0 aliphatic carbocycles. The van der Waals surface area contributed by atoms with E-state index in [0.717, 1.165) is 22.0 Å². The fraction of sp³-hybridized carbons (Fsp3) is 0.240. The van der Waals surface area contributed by atoms with E-state index in [0.29, 0.717) is 17.4 Å². The van der Waals surface area contributed by atoms with Crippen LogP contribution in [0.25, 0.3) is 0 Å². The Morgan fingerprint density at radius 2 is 1.64 bits per heavy atom. The van der Waals surface area contributed by atoms with Crippen molar-refractivity contribution in [1.29, 1.82) is 0 Å². The molecular formula is C25H23F3N2O5S. The molecule has 7 nitrogen and oxygen atoms in total. The Labute approximate surface area is 206 Å². The number of nitrogens with zero attached hydrogens (tertiary/aromatic N) is 1. The fourth-order valence-electron chi connectivity index (χ4n) is 4.14. The van der Waals surface area contributed by atoms with E-state index in [2.05, 4.69) is 5.32 Å². The quantitative estimate of drug-likeness (QED) is 0.518. The number of rotatable bonds is 6. The maximum atomic E-state index is 13.7. The summed E-state index contributed by atoms with van der Waals surface area (Å²) >= 11 is 0. The van der Waals surface area contributed by atoms with Gasteiger partial charge in [0.1, 0.15) is 17.5 Å². The summed E-state index contributed by atoms with van der Waals surface area (Å²) in [6, 6.07) is 14.2. The Kier molecular flexibility index (Phi) is 6.96. The zero-order valence-electron chi connectivity index (χ0n) is 19.4. The SMILES string of the molecule is COc1ccc(NC(=O)C2Cc3ccccc3CN2S(=O)(=O)c2ccccc2C(F)(F)F)c(OC)c1. The van der Waals surface area contributed by atoms with Crippen molar-refractivity contribution in [2.45, 2.75) is 30.1 Å². The Morgan fingerprint density at radius 3 is 2.31 bits per heavy atom. The van der Waals surface area contributed by atoms with Crippen LogP contribution in [0.2, 0.25) is 0 Å². The second-order valence-electron chi connectivity index (χ2n) is 8.09. The third-order valence-electron chi connectivity index (χ3n) is 5.95. The van der Waals surface area contributed by atoms with Gasteiger partial charge < -0.3 is 14.8 Å². The first-order valence-corrected chi connectivity index (χ1v) is 12.3. The molecule has 0 aromatic heterocycles. The predicted molar refractivity (Wildman–Crippen MR) is 126 cm³/mol. The number of nitrogens with one attached hydrogen (secondary N) is 1. The van der Waals surface area contributed by atoms with Crippen LogP contribution in [0.15, 0.2) is 71.6 Å². The zero-order valence-corrected chi connectivity index (χ0v) is 20.2. The molecule has 3 aromatic rings. The molecule has 0 spiro atoms. The van der Waals surface area contributed by atoms with Gasteiger partial charge in [-0.05, 0) is 41.8 Å². The van der Waals surface area contributed by atoms with Gasteiger partial charge in [-0.15, -0.1) is 0 Å². The van der Waals surface area contributed by atoms with E-state index in [4.69, 9.17) is 9.47 Å². The summed E-state index contributed by atoms with van der Waals surface area (Å²) in [4.78, 5) is 12.5. The van der Waals surface area contributed by atoms with Gasteiger partial charge in [-0.3, -0.25) is 4.79 Å². The van der Waals surface area contributed by atoms with Crippen molar-refractivity contribution in [2.24, 2.45) is 0 Å². The molecule has 0 saturated carbocycles. The minimum atomic E-state index is -4.90. The zero-order chi connectivity index (χ0) is 26.1. The lowest BCUT2D eigenvalue weighted by Gasteiger charge is -2.35. The number of alkyl halides is 3. The van der Waals surface area contributed by atoms with Crippen LogP contribution in [0.5, 0.6) is 11.5 Å². The molecule has 4 rings (SSSR count). The third-order valence-corrected chi connectivity index (χ3v) is 7.87. The first-order valence-electron chi connectivity index (χ1n) is 10.8. The summed E-state index contributed by atoms with van der Waals surface area (Å²) in [6.07, 6.45) is -4.92. The molecule has 0 saturated heterocycles. The number of carbonyl (C=O) groups is 1. The average molecular weight is 521 g/mol. The van der Waals surface area contributed by atoms with Gasteiger partial charge in [-0.1, -0.05) is 36.4 Å². The Bertz CT molecular complexity index is 1390. The molecule has 1 N–H and O–H groups in total. The minimum Gasteiger partial charge on any atom is -0.497 e. The summed E-state index contributed by atoms with van der Waals surface area (Å²) < 4.78 is 79.6. The van der Waals surface area contributed by atoms with Crippen LogP contribution in [0.1, 0.15) is 16.7 Å². The van der Waals surface area contributed by atoms with E-state index in [1.807, 2.05) is 0 Å². The highest BCUT2D eigenvalue weighted by atomic mass is 32.2. The first-order chi connectivity index (χ1) is 17.1. The molecule has 1 aliphatic heterocycles. The topological polar surface area (TPSA) is 84.9 Å². The molecule has 1 aliphatic rings. The highest BCUT2D eigenvalue weighted by Crippen LogP contribution is 2.38. The molecule has 0 radical (unpaired) electrons. The second-order valence-corrected chi connectivity index (χ2v) is 9.95. The molecule has 1 atom stereocenters. The minimum absolute atomic E-state index is 0.0199. The van der Waals surface area contributed by atoms with Gasteiger partial charge in [0.2, 0.25) is 15.9 Å². The van der Waals surface area contributed by atoms with Crippen LogP contribution in [0.4, 0.5) is 18.9 Å². The van der Waals surface area contributed by atoms with Gasteiger partial charge >= 0.3 is 6.18 Å². The molecule has 11 heteroatoms. The van der Waals surface area contributed by atoms with E-state index < -0.39 is 38.6 Å². The highest BCUT2D eigenvalue weighted by Gasteiger charge is 2.44. The standard InChI is InChI=1S/C25H23F3N2O5S/c1-34-18-11-12-20(22(14-18)35-2)29-24(31)21-13-16-7-3-4-8-17(16)15-30(21)36(32,33)23-10-6-5-9-19(23)25(26,27)28/h3-12,14,21H,13,15H2,1-2H3,(H,29,31). The van der Waals surface area contributed by atoms with E-state index in [-0.39, 0.29) is 24.4 Å². The molecule has 1 heterocycles. The summed E-state index contributed by atoms with van der Waals surface area (Å²) in [5, 5.41) is 2.66. The van der Waals surface area contributed by atoms with Crippen LogP contribution in [0, 0.1) is 0 Å². The molecule has 3 aromatic carbocycles. The monoisotopic (exact) mass is 520 g/mol. The first kappa shape index (κ1) is 25.5. The molecule has 1 amide bonds. The summed E-state index contributed by atoms with van der Waals surface area (Å²) in [5.74, 6) is 0.0428. The van der Waals surface area contributed by atoms with Crippen molar-refractivity contribution in [3.05, 3.63) is 83.4 Å². The van der Waals surface area contributed by atoms with Crippen LogP contribution >= 0.6 is 0 Å². The lowest BCUT2D eigenvalue weighted by Crippen LogP contribution is -2.50. The number of sulfonamides is 1. The van der Waals surface area contributed by atoms with Gasteiger partial charge in [0, 0.05) is 12.6 Å². The lowest BCUT2D eigenvalue weighted by molar-refractivity contribution is -0.139. The van der Waals surface area contributed by atoms with Crippen molar-refractivity contribution in [2.75, 3.05) is 19.5 Å². The number of methoxy groups -OCH3 is 2. The van der Waals surface area contributed by atoms with Crippen LogP contribution in [0.3, 0.4) is 0 Å². The highest BCUT2D eigenvalue weighted by molar-refractivity contribution is 7.89. The van der Waals surface area contributed by atoms with Gasteiger partial charge in [-0.25, -0.2) is 8.42 Å². The van der Waals surface area contributed by atoms with Crippen LogP contribution in [-0.2, 0) is 34.0 Å². The summed E-state index contributed by atoms with van der Waals surface area (Å²) in [6.45, 7) is -0.261. The van der Waals surface area contributed by atoms with Crippen molar-refractivity contribution < 1.29 is 35.9 Å². The van der Waals surface area contributed by atoms with Gasteiger partial charge in [0.05, 0.1) is 30.4 Å². The number of amides is 1. The van der Waals surface area contributed by atoms with Crippen molar-refractivity contribution >= 4 is 21.6 Å². The molecule has 190 valence electrons. The number of hydrogen-bond acceptors (Lipinski definition) is 5. The molecule has 36 heavy (non-hydrogen) atoms. The molecule has 1 unspecified atom stereocenters. The van der Waals surface area contributed by atoms with Crippen molar-refractivity contribution in [3.63, 3.8) is 0 Å². The van der Waals surface area contributed by atoms with Crippen molar-refractivity contribution in [1.82, 2.24) is 4.31 Å². The predicted octanol–water partition coefficient (Wildman–Crippen LogP) is 4.48. The number of hydrogen-bond donors (Lipinski definition) is 1.